The maximum atomic E-state index is 10.8. The summed E-state index contributed by atoms with van der Waals surface area (Å²) in [6.07, 6.45) is 2.69. The van der Waals surface area contributed by atoms with E-state index in [0.717, 1.165) is 12.3 Å². The molecule has 0 aromatic rings. The first-order valence-corrected chi connectivity index (χ1v) is 8.71. The number of hydrogen-bond acceptors (Lipinski definition) is 4. The summed E-state index contributed by atoms with van der Waals surface area (Å²) in [7, 11) is -1.57. The van der Waals surface area contributed by atoms with Gasteiger partial charge in [-0.25, -0.2) is 4.79 Å². The minimum Gasteiger partial charge on any atom is -0.432 e. The standard InChI is InChI=1S/C11H22O4Si/c1-5-7-10-16(3,4)15-9-8-14-11(12)13-6-2/h6H,2,5,7-10H2,1,3-4H3. The van der Waals surface area contributed by atoms with Crippen LogP contribution in [0.15, 0.2) is 12.8 Å². The van der Waals surface area contributed by atoms with Gasteiger partial charge in [0.15, 0.2) is 8.32 Å². The van der Waals surface area contributed by atoms with Gasteiger partial charge in [0, 0.05) is 0 Å². The molecule has 16 heavy (non-hydrogen) atoms. The lowest BCUT2D eigenvalue weighted by Crippen LogP contribution is -2.31. The molecule has 0 atom stereocenters. The van der Waals surface area contributed by atoms with E-state index >= 15 is 0 Å². The average Bonchev–Trinajstić information content (AvgIpc) is 2.22. The first kappa shape index (κ1) is 15.2. The van der Waals surface area contributed by atoms with Gasteiger partial charge in [-0.2, -0.15) is 0 Å². The van der Waals surface area contributed by atoms with Gasteiger partial charge in [0.05, 0.1) is 12.9 Å². The largest absolute Gasteiger partial charge is 0.513 e. The highest BCUT2D eigenvalue weighted by Crippen LogP contribution is 2.14. The van der Waals surface area contributed by atoms with Crippen molar-refractivity contribution in [2.24, 2.45) is 0 Å². The normalized spacial score (nSPS) is 10.9. The molecule has 0 aliphatic carbocycles. The van der Waals surface area contributed by atoms with Gasteiger partial charge in [-0.3, -0.25) is 0 Å². The van der Waals surface area contributed by atoms with Crippen LogP contribution in [-0.2, 0) is 13.9 Å². The van der Waals surface area contributed by atoms with Gasteiger partial charge in [0.1, 0.15) is 6.61 Å². The molecule has 0 aliphatic heterocycles. The van der Waals surface area contributed by atoms with Crippen molar-refractivity contribution in [2.45, 2.75) is 38.9 Å². The summed E-state index contributed by atoms with van der Waals surface area (Å²) in [6.45, 7) is 10.4. The average molecular weight is 246 g/mol. The number of hydrogen-bond donors (Lipinski definition) is 0. The van der Waals surface area contributed by atoms with Gasteiger partial charge in [0.25, 0.3) is 0 Å². The Morgan fingerprint density at radius 2 is 2.06 bits per heavy atom. The van der Waals surface area contributed by atoms with Crippen molar-refractivity contribution in [3.63, 3.8) is 0 Å². The SMILES string of the molecule is C=COC(=O)OCCO[Si](C)(C)CCCC. The highest BCUT2D eigenvalue weighted by atomic mass is 28.4. The van der Waals surface area contributed by atoms with Crippen LogP contribution < -0.4 is 0 Å². The van der Waals surface area contributed by atoms with Gasteiger partial charge in [-0.05, 0) is 19.1 Å². The van der Waals surface area contributed by atoms with Crippen LogP contribution in [0.3, 0.4) is 0 Å². The first-order valence-electron chi connectivity index (χ1n) is 5.60. The molecular formula is C11H22O4Si. The van der Waals surface area contributed by atoms with Crippen molar-refractivity contribution in [3.05, 3.63) is 12.8 Å². The van der Waals surface area contributed by atoms with Gasteiger partial charge in [-0.15, -0.1) is 0 Å². The topological polar surface area (TPSA) is 44.8 Å². The highest BCUT2D eigenvalue weighted by Gasteiger charge is 2.21. The zero-order valence-electron chi connectivity index (χ0n) is 10.5. The first-order chi connectivity index (χ1) is 7.52. The van der Waals surface area contributed by atoms with E-state index in [0.29, 0.717) is 6.61 Å². The molecule has 0 aromatic carbocycles. The molecule has 0 aromatic heterocycles. The van der Waals surface area contributed by atoms with Crippen LogP contribution in [0.4, 0.5) is 4.79 Å². The number of rotatable bonds is 8. The van der Waals surface area contributed by atoms with Crippen LogP contribution in [0.5, 0.6) is 0 Å². The van der Waals surface area contributed by atoms with Crippen LogP contribution in [0.2, 0.25) is 19.1 Å². The van der Waals surface area contributed by atoms with Gasteiger partial charge < -0.3 is 13.9 Å². The number of carbonyl (C=O) groups is 1. The van der Waals surface area contributed by atoms with E-state index in [1.807, 2.05) is 0 Å². The van der Waals surface area contributed by atoms with Crippen molar-refractivity contribution in [1.82, 2.24) is 0 Å². The van der Waals surface area contributed by atoms with E-state index < -0.39 is 14.5 Å². The van der Waals surface area contributed by atoms with E-state index in [2.05, 4.69) is 31.3 Å². The Morgan fingerprint density at radius 3 is 2.62 bits per heavy atom. The van der Waals surface area contributed by atoms with Crippen molar-refractivity contribution in [1.29, 1.82) is 0 Å². The Balaban J connectivity index is 3.56. The summed E-state index contributed by atoms with van der Waals surface area (Å²) in [5.41, 5.74) is 0. The minimum atomic E-state index is -1.57. The summed E-state index contributed by atoms with van der Waals surface area (Å²) < 4.78 is 14.9. The van der Waals surface area contributed by atoms with E-state index in [-0.39, 0.29) is 6.61 Å². The zero-order valence-corrected chi connectivity index (χ0v) is 11.5. The molecular weight excluding hydrogens is 224 g/mol. The van der Waals surface area contributed by atoms with E-state index in [4.69, 9.17) is 9.16 Å². The minimum absolute atomic E-state index is 0.231. The van der Waals surface area contributed by atoms with Gasteiger partial charge in [0.2, 0.25) is 0 Å². The molecule has 0 fully saturated rings. The van der Waals surface area contributed by atoms with Gasteiger partial charge >= 0.3 is 6.16 Å². The second-order valence-corrected chi connectivity index (χ2v) is 8.40. The van der Waals surface area contributed by atoms with Crippen LogP contribution in [0.1, 0.15) is 19.8 Å². The van der Waals surface area contributed by atoms with Gasteiger partial charge in [-0.1, -0.05) is 26.3 Å². The molecule has 94 valence electrons. The van der Waals surface area contributed by atoms with Crippen LogP contribution in [0, 0.1) is 0 Å². The predicted molar refractivity (Wildman–Crippen MR) is 65.8 cm³/mol. The summed E-state index contributed by atoms with van der Waals surface area (Å²) >= 11 is 0. The number of unbranched alkanes of at least 4 members (excludes halogenated alkanes) is 1. The summed E-state index contributed by atoms with van der Waals surface area (Å²) in [6, 6.07) is 1.14. The van der Waals surface area contributed by atoms with Crippen LogP contribution in [0.25, 0.3) is 0 Å². The Bertz CT molecular complexity index is 216. The maximum Gasteiger partial charge on any atom is 0.513 e. The van der Waals surface area contributed by atoms with Crippen molar-refractivity contribution >= 4 is 14.5 Å². The van der Waals surface area contributed by atoms with E-state index in [1.54, 1.807) is 0 Å². The summed E-state index contributed by atoms with van der Waals surface area (Å²) in [5, 5.41) is 0. The molecule has 0 bridgehead atoms. The lowest BCUT2D eigenvalue weighted by atomic mass is 10.4. The van der Waals surface area contributed by atoms with Crippen LogP contribution in [-0.4, -0.2) is 27.7 Å². The molecule has 0 saturated carbocycles. The molecule has 0 radical (unpaired) electrons. The zero-order chi connectivity index (χ0) is 12.4. The molecule has 0 spiro atoms. The fourth-order valence-corrected chi connectivity index (χ4v) is 3.20. The second kappa shape index (κ2) is 8.35. The summed E-state index contributed by atoms with van der Waals surface area (Å²) in [4.78, 5) is 10.8. The second-order valence-electron chi connectivity index (χ2n) is 4.09. The Hall–Kier alpha value is -0.813. The third-order valence-electron chi connectivity index (χ3n) is 2.11. The Labute approximate surface area is 98.7 Å². The maximum absolute atomic E-state index is 10.8. The predicted octanol–water partition coefficient (Wildman–Crippen LogP) is 3.30. The third kappa shape index (κ3) is 8.49. The van der Waals surface area contributed by atoms with E-state index in [1.165, 1.54) is 12.8 Å². The molecule has 0 amide bonds. The fraction of sp³-hybridized carbons (Fsp3) is 0.727. The molecule has 0 heterocycles. The smallest absolute Gasteiger partial charge is 0.432 e. The quantitative estimate of drug-likeness (QED) is 0.285. The third-order valence-corrected chi connectivity index (χ3v) is 4.65. The lowest BCUT2D eigenvalue weighted by molar-refractivity contribution is 0.0711. The van der Waals surface area contributed by atoms with E-state index in [9.17, 15) is 4.79 Å². The number of ether oxygens (including phenoxy) is 2. The van der Waals surface area contributed by atoms with Crippen molar-refractivity contribution < 1.29 is 18.7 Å². The molecule has 0 rings (SSSR count). The molecule has 0 N–H and O–H groups in total. The Morgan fingerprint density at radius 1 is 1.38 bits per heavy atom. The van der Waals surface area contributed by atoms with Crippen molar-refractivity contribution in [3.8, 4) is 0 Å². The Kier molecular flexibility index (Phi) is 7.93. The fourth-order valence-electron chi connectivity index (χ4n) is 1.22. The molecule has 5 heteroatoms. The molecule has 4 nitrogen and oxygen atoms in total. The van der Waals surface area contributed by atoms with Crippen LogP contribution >= 0.6 is 0 Å². The summed E-state index contributed by atoms with van der Waals surface area (Å²) in [5.74, 6) is 0. The molecule has 0 aliphatic rings. The molecule has 0 saturated heterocycles. The lowest BCUT2D eigenvalue weighted by Gasteiger charge is -2.22. The highest BCUT2D eigenvalue weighted by molar-refractivity contribution is 6.71. The van der Waals surface area contributed by atoms with Crippen molar-refractivity contribution in [2.75, 3.05) is 13.2 Å². The molecule has 0 unspecified atom stereocenters. The number of carbonyl (C=O) groups excluding carboxylic acids is 1. The monoisotopic (exact) mass is 246 g/mol.